The Balaban J connectivity index is 2.42. The van der Waals surface area contributed by atoms with Crippen molar-refractivity contribution < 1.29 is 14.3 Å². The maximum atomic E-state index is 13.9. The van der Waals surface area contributed by atoms with Gasteiger partial charge in [0.1, 0.15) is 0 Å². The Morgan fingerprint density at radius 2 is 1.84 bits per heavy atom. The van der Waals surface area contributed by atoms with E-state index < -0.39 is 11.9 Å². The van der Waals surface area contributed by atoms with Crippen LogP contribution in [0.15, 0.2) is 30.3 Å². The third-order valence-corrected chi connectivity index (χ3v) is 2.85. The standard InChI is InChI=1S/C13H8Cl2FNO2/c14-8-3-7(4-9(15)5-8)11-2-1-10(6-12(18)19)17-13(11)16/h1-5H,6H2,(H,18,19). The van der Waals surface area contributed by atoms with E-state index in [0.717, 1.165) is 0 Å². The van der Waals surface area contributed by atoms with Gasteiger partial charge in [-0.2, -0.15) is 4.39 Å². The van der Waals surface area contributed by atoms with Gasteiger partial charge in [0.25, 0.3) is 0 Å². The van der Waals surface area contributed by atoms with E-state index in [0.29, 0.717) is 15.6 Å². The van der Waals surface area contributed by atoms with Crippen LogP contribution in [-0.4, -0.2) is 16.1 Å². The molecule has 1 aromatic carbocycles. The lowest BCUT2D eigenvalue weighted by Crippen LogP contribution is -2.04. The van der Waals surface area contributed by atoms with Gasteiger partial charge in [-0.05, 0) is 35.9 Å². The van der Waals surface area contributed by atoms with Crippen molar-refractivity contribution in [2.75, 3.05) is 0 Å². The van der Waals surface area contributed by atoms with Gasteiger partial charge in [0.2, 0.25) is 5.95 Å². The summed E-state index contributed by atoms with van der Waals surface area (Å²) in [6.07, 6.45) is -0.326. The second kappa shape index (κ2) is 5.55. The molecule has 0 aliphatic carbocycles. The van der Waals surface area contributed by atoms with E-state index in [-0.39, 0.29) is 17.7 Å². The number of carbonyl (C=O) groups is 1. The molecular formula is C13H8Cl2FNO2. The first-order valence-electron chi connectivity index (χ1n) is 5.29. The molecule has 2 aromatic rings. The van der Waals surface area contributed by atoms with Gasteiger partial charge in [-0.1, -0.05) is 23.2 Å². The van der Waals surface area contributed by atoms with Crippen LogP contribution in [0, 0.1) is 5.95 Å². The van der Waals surface area contributed by atoms with E-state index in [1.807, 2.05) is 0 Å². The van der Waals surface area contributed by atoms with Crippen LogP contribution >= 0.6 is 23.2 Å². The van der Waals surface area contributed by atoms with Gasteiger partial charge >= 0.3 is 5.97 Å². The number of nitrogens with zero attached hydrogens (tertiary/aromatic N) is 1. The number of hydrogen-bond donors (Lipinski definition) is 1. The molecule has 19 heavy (non-hydrogen) atoms. The van der Waals surface area contributed by atoms with Crippen molar-refractivity contribution in [3.8, 4) is 11.1 Å². The lowest BCUT2D eigenvalue weighted by atomic mass is 10.1. The second-order valence-corrected chi connectivity index (χ2v) is 4.74. The Bertz CT molecular complexity index is 626. The molecule has 0 unspecified atom stereocenters. The summed E-state index contributed by atoms with van der Waals surface area (Å²) in [7, 11) is 0. The molecule has 0 spiro atoms. The van der Waals surface area contributed by atoms with E-state index in [1.54, 1.807) is 12.1 Å². The van der Waals surface area contributed by atoms with Crippen LogP contribution < -0.4 is 0 Å². The minimum absolute atomic E-state index is 0.155. The zero-order chi connectivity index (χ0) is 14.0. The van der Waals surface area contributed by atoms with Crippen molar-refractivity contribution >= 4 is 29.2 Å². The number of rotatable bonds is 3. The quantitative estimate of drug-likeness (QED) is 0.877. The van der Waals surface area contributed by atoms with E-state index in [2.05, 4.69) is 4.98 Å². The van der Waals surface area contributed by atoms with Crippen LogP contribution in [0.4, 0.5) is 4.39 Å². The number of aliphatic carboxylic acids is 1. The molecule has 1 heterocycles. The molecule has 1 N–H and O–H groups in total. The third kappa shape index (κ3) is 3.43. The molecule has 98 valence electrons. The van der Waals surface area contributed by atoms with E-state index >= 15 is 0 Å². The maximum absolute atomic E-state index is 13.9. The largest absolute Gasteiger partial charge is 0.481 e. The molecule has 0 aliphatic rings. The summed E-state index contributed by atoms with van der Waals surface area (Å²) in [5.74, 6) is -1.82. The average molecular weight is 300 g/mol. The monoisotopic (exact) mass is 299 g/mol. The predicted octanol–water partition coefficient (Wildman–Crippen LogP) is 3.82. The first-order chi connectivity index (χ1) is 8.95. The van der Waals surface area contributed by atoms with Crippen molar-refractivity contribution in [3.63, 3.8) is 0 Å². The molecule has 6 heteroatoms. The van der Waals surface area contributed by atoms with Crippen LogP contribution in [0.2, 0.25) is 10.0 Å². The van der Waals surface area contributed by atoms with Gasteiger partial charge in [0.05, 0.1) is 12.1 Å². The Morgan fingerprint density at radius 1 is 1.21 bits per heavy atom. The Labute approximate surface area is 118 Å². The molecule has 0 bridgehead atoms. The summed E-state index contributed by atoms with van der Waals surface area (Å²) in [4.78, 5) is 14.1. The fourth-order valence-electron chi connectivity index (χ4n) is 1.65. The van der Waals surface area contributed by atoms with Gasteiger partial charge in [-0.25, -0.2) is 4.98 Å². The number of carboxylic acid groups (broad SMARTS) is 1. The first kappa shape index (κ1) is 13.8. The van der Waals surface area contributed by atoms with Crippen molar-refractivity contribution in [2.24, 2.45) is 0 Å². The number of pyridine rings is 1. The molecule has 0 fully saturated rings. The SMILES string of the molecule is O=C(O)Cc1ccc(-c2cc(Cl)cc(Cl)c2)c(F)n1. The topological polar surface area (TPSA) is 50.2 Å². The maximum Gasteiger partial charge on any atom is 0.309 e. The summed E-state index contributed by atoms with van der Waals surface area (Å²) in [6, 6.07) is 7.58. The number of carboxylic acids is 1. The summed E-state index contributed by atoms with van der Waals surface area (Å²) in [6.45, 7) is 0. The zero-order valence-corrected chi connectivity index (χ0v) is 11.0. The lowest BCUT2D eigenvalue weighted by molar-refractivity contribution is -0.136. The number of halogens is 3. The molecule has 0 atom stereocenters. The average Bonchev–Trinajstić information content (AvgIpc) is 2.26. The number of aromatic nitrogens is 1. The van der Waals surface area contributed by atoms with Gasteiger partial charge in [-0.3, -0.25) is 4.79 Å². The third-order valence-electron chi connectivity index (χ3n) is 2.41. The summed E-state index contributed by atoms with van der Waals surface area (Å²) in [5.41, 5.74) is 0.866. The minimum Gasteiger partial charge on any atom is -0.481 e. The molecule has 0 amide bonds. The highest BCUT2D eigenvalue weighted by molar-refractivity contribution is 6.35. The lowest BCUT2D eigenvalue weighted by Gasteiger charge is -2.06. The smallest absolute Gasteiger partial charge is 0.309 e. The van der Waals surface area contributed by atoms with Crippen molar-refractivity contribution in [3.05, 3.63) is 52.0 Å². The van der Waals surface area contributed by atoms with Crippen molar-refractivity contribution in [2.45, 2.75) is 6.42 Å². The van der Waals surface area contributed by atoms with Crippen LogP contribution in [0.3, 0.4) is 0 Å². The highest BCUT2D eigenvalue weighted by atomic mass is 35.5. The Kier molecular flexibility index (Phi) is 4.02. The molecule has 0 saturated carbocycles. The predicted molar refractivity (Wildman–Crippen MR) is 71.0 cm³/mol. The molecule has 1 aromatic heterocycles. The molecule has 2 rings (SSSR count). The molecule has 0 radical (unpaired) electrons. The number of hydrogen-bond acceptors (Lipinski definition) is 2. The van der Waals surface area contributed by atoms with E-state index in [4.69, 9.17) is 28.3 Å². The normalized spacial score (nSPS) is 10.5. The Morgan fingerprint density at radius 3 is 2.37 bits per heavy atom. The van der Waals surface area contributed by atoms with Crippen molar-refractivity contribution in [1.82, 2.24) is 4.98 Å². The first-order valence-corrected chi connectivity index (χ1v) is 6.05. The fourth-order valence-corrected chi connectivity index (χ4v) is 2.18. The van der Waals surface area contributed by atoms with Crippen LogP contribution in [0.25, 0.3) is 11.1 Å². The minimum atomic E-state index is -1.06. The highest BCUT2D eigenvalue weighted by Crippen LogP contribution is 2.28. The number of benzene rings is 1. The van der Waals surface area contributed by atoms with E-state index in [1.165, 1.54) is 18.2 Å². The van der Waals surface area contributed by atoms with Crippen LogP contribution in [0.5, 0.6) is 0 Å². The second-order valence-electron chi connectivity index (χ2n) is 3.87. The highest BCUT2D eigenvalue weighted by Gasteiger charge is 2.11. The summed E-state index contributed by atoms with van der Waals surface area (Å²) < 4.78 is 13.9. The van der Waals surface area contributed by atoms with Crippen molar-refractivity contribution in [1.29, 1.82) is 0 Å². The Hall–Kier alpha value is -1.65. The fraction of sp³-hybridized carbons (Fsp3) is 0.0769. The molecule has 0 saturated heterocycles. The van der Waals surface area contributed by atoms with Gasteiger partial charge in [0.15, 0.2) is 0 Å². The van der Waals surface area contributed by atoms with Gasteiger partial charge in [0, 0.05) is 15.6 Å². The van der Waals surface area contributed by atoms with Crippen LogP contribution in [0.1, 0.15) is 5.69 Å². The van der Waals surface area contributed by atoms with Gasteiger partial charge < -0.3 is 5.11 Å². The van der Waals surface area contributed by atoms with Gasteiger partial charge in [-0.15, -0.1) is 0 Å². The zero-order valence-electron chi connectivity index (χ0n) is 9.53. The molecular weight excluding hydrogens is 292 g/mol. The summed E-state index contributed by atoms with van der Waals surface area (Å²) >= 11 is 11.7. The summed E-state index contributed by atoms with van der Waals surface area (Å²) in [5, 5.41) is 9.39. The molecule has 0 aliphatic heterocycles. The van der Waals surface area contributed by atoms with E-state index in [9.17, 15) is 9.18 Å². The molecule has 3 nitrogen and oxygen atoms in total. The van der Waals surface area contributed by atoms with Crippen LogP contribution in [-0.2, 0) is 11.2 Å².